The Morgan fingerprint density at radius 3 is 2.10 bits per heavy atom. The molecular weight excluding hydrogens is 246 g/mol. The third-order valence-corrected chi connectivity index (χ3v) is 3.53. The molecule has 1 unspecified atom stereocenters. The lowest BCUT2D eigenvalue weighted by molar-refractivity contribution is 0.229. The van der Waals surface area contributed by atoms with Crippen molar-refractivity contribution < 1.29 is 0 Å². The first-order valence-corrected chi connectivity index (χ1v) is 7.63. The predicted octanol–water partition coefficient (Wildman–Crippen LogP) is 2.58. The third-order valence-electron chi connectivity index (χ3n) is 3.53. The number of hydrogen-bond acceptors (Lipinski definition) is 3. The van der Waals surface area contributed by atoms with E-state index in [1.54, 1.807) is 0 Å². The number of hydrogen-bond donors (Lipinski definition) is 1. The van der Waals surface area contributed by atoms with E-state index in [0.717, 1.165) is 26.2 Å². The third kappa shape index (κ3) is 6.04. The van der Waals surface area contributed by atoms with Crippen molar-refractivity contribution in [3.8, 4) is 0 Å². The maximum atomic E-state index is 6.42. The average molecular weight is 277 g/mol. The molecule has 0 radical (unpaired) electrons. The van der Waals surface area contributed by atoms with Crippen molar-refractivity contribution in [3.05, 3.63) is 34.9 Å². The molecular formula is C17H31N3. The lowest BCUT2D eigenvalue weighted by Gasteiger charge is -2.27. The molecule has 114 valence electrons. The SMILES string of the molecule is CCCN(CCN(C)C)CC(N)c1cc(C)cc(C)c1. The van der Waals surface area contributed by atoms with Crippen molar-refractivity contribution in [1.82, 2.24) is 9.80 Å². The maximum Gasteiger partial charge on any atom is 0.0424 e. The molecule has 0 aliphatic rings. The van der Waals surface area contributed by atoms with Crippen LogP contribution in [0.2, 0.25) is 0 Å². The van der Waals surface area contributed by atoms with E-state index in [1.165, 1.54) is 23.1 Å². The van der Waals surface area contributed by atoms with E-state index in [2.05, 4.69) is 62.9 Å². The van der Waals surface area contributed by atoms with Gasteiger partial charge in [0, 0.05) is 25.7 Å². The predicted molar refractivity (Wildman–Crippen MR) is 88.1 cm³/mol. The zero-order valence-corrected chi connectivity index (χ0v) is 13.8. The molecule has 0 saturated heterocycles. The van der Waals surface area contributed by atoms with Gasteiger partial charge < -0.3 is 15.5 Å². The summed E-state index contributed by atoms with van der Waals surface area (Å²) in [5.74, 6) is 0. The summed E-state index contributed by atoms with van der Waals surface area (Å²) in [4.78, 5) is 4.70. The van der Waals surface area contributed by atoms with Crippen LogP contribution in [0.1, 0.15) is 36.1 Å². The van der Waals surface area contributed by atoms with E-state index < -0.39 is 0 Å². The normalized spacial score (nSPS) is 13.2. The second-order valence-electron chi connectivity index (χ2n) is 6.13. The summed E-state index contributed by atoms with van der Waals surface area (Å²) in [6.07, 6.45) is 1.17. The molecule has 20 heavy (non-hydrogen) atoms. The van der Waals surface area contributed by atoms with Crippen molar-refractivity contribution in [2.45, 2.75) is 33.2 Å². The average Bonchev–Trinajstić information content (AvgIpc) is 2.34. The fourth-order valence-electron chi connectivity index (χ4n) is 2.56. The standard InChI is InChI=1S/C17H31N3/c1-6-7-20(9-8-19(4)5)13-17(18)16-11-14(2)10-15(3)12-16/h10-12,17H,6-9,13,18H2,1-5H3. The first kappa shape index (κ1) is 17.2. The lowest BCUT2D eigenvalue weighted by Crippen LogP contribution is -2.37. The topological polar surface area (TPSA) is 32.5 Å². The van der Waals surface area contributed by atoms with Gasteiger partial charge in [-0.3, -0.25) is 0 Å². The maximum absolute atomic E-state index is 6.42. The van der Waals surface area contributed by atoms with Gasteiger partial charge in [-0.05, 0) is 46.5 Å². The van der Waals surface area contributed by atoms with Crippen molar-refractivity contribution in [2.75, 3.05) is 40.3 Å². The largest absolute Gasteiger partial charge is 0.323 e. The number of likely N-dealkylation sites (N-methyl/N-ethyl adjacent to an activating group) is 1. The molecule has 1 aromatic rings. The number of nitrogens with two attached hydrogens (primary N) is 1. The summed E-state index contributed by atoms with van der Waals surface area (Å²) in [5.41, 5.74) is 10.3. The second-order valence-corrected chi connectivity index (χ2v) is 6.13. The molecule has 1 atom stereocenters. The number of aryl methyl sites for hydroxylation is 2. The Hall–Kier alpha value is -0.900. The number of nitrogens with zero attached hydrogens (tertiary/aromatic N) is 2. The molecule has 3 nitrogen and oxygen atoms in total. The van der Waals surface area contributed by atoms with Crippen LogP contribution in [0.25, 0.3) is 0 Å². The monoisotopic (exact) mass is 277 g/mol. The summed E-state index contributed by atoms with van der Waals surface area (Å²) in [7, 11) is 4.24. The van der Waals surface area contributed by atoms with E-state index in [1.807, 2.05) is 0 Å². The zero-order valence-electron chi connectivity index (χ0n) is 13.8. The Kier molecular flexibility index (Phi) is 7.20. The molecule has 0 aliphatic heterocycles. The van der Waals surface area contributed by atoms with Gasteiger partial charge in [-0.2, -0.15) is 0 Å². The highest BCUT2D eigenvalue weighted by Gasteiger charge is 2.12. The second kappa shape index (κ2) is 8.40. The molecule has 1 aromatic carbocycles. The minimum Gasteiger partial charge on any atom is -0.323 e. The van der Waals surface area contributed by atoms with Gasteiger partial charge in [0.2, 0.25) is 0 Å². The van der Waals surface area contributed by atoms with E-state index in [0.29, 0.717) is 0 Å². The summed E-state index contributed by atoms with van der Waals surface area (Å²) in [6.45, 7) is 10.7. The van der Waals surface area contributed by atoms with Gasteiger partial charge in [-0.25, -0.2) is 0 Å². The van der Waals surface area contributed by atoms with Crippen LogP contribution in [0.4, 0.5) is 0 Å². The van der Waals surface area contributed by atoms with E-state index in [-0.39, 0.29) is 6.04 Å². The molecule has 0 spiro atoms. The molecule has 2 N–H and O–H groups in total. The molecule has 0 fully saturated rings. The van der Waals surface area contributed by atoms with Crippen molar-refractivity contribution in [1.29, 1.82) is 0 Å². The van der Waals surface area contributed by atoms with Crippen LogP contribution in [-0.2, 0) is 0 Å². The zero-order chi connectivity index (χ0) is 15.1. The first-order chi connectivity index (χ1) is 9.42. The minimum absolute atomic E-state index is 0.0994. The molecule has 0 aromatic heterocycles. The minimum atomic E-state index is 0.0994. The molecule has 0 heterocycles. The van der Waals surface area contributed by atoms with E-state index in [4.69, 9.17) is 5.73 Å². The fraction of sp³-hybridized carbons (Fsp3) is 0.647. The highest BCUT2D eigenvalue weighted by atomic mass is 15.2. The number of benzene rings is 1. The van der Waals surface area contributed by atoms with Crippen LogP contribution in [0.5, 0.6) is 0 Å². The van der Waals surface area contributed by atoms with Crippen LogP contribution in [-0.4, -0.2) is 50.1 Å². The Balaban J connectivity index is 2.66. The molecule has 0 saturated carbocycles. The molecule has 0 bridgehead atoms. The van der Waals surface area contributed by atoms with Crippen LogP contribution in [0, 0.1) is 13.8 Å². The molecule has 1 rings (SSSR count). The summed E-state index contributed by atoms with van der Waals surface area (Å²) in [5, 5.41) is 0. The molecule has 0 amide bonds. The van der Waals surface area contributed by atoms with Crippen molar-refractivity contribution in [3.63, 3.8) is 0 Å². The smallest absolute Gasteiger partial charge is 0.0424 e. The van der Waals surface area contributed by atoms with E-state index >= 15 is 0 Å². The van der Waals surface area contributed by atoms with Crippen LogP contribution < -0.4 is 5.73 Å². The van der Waals surface area contributed by atoms with Gasteiger partial charge in [-0.1, -0.05) is 36.2 Å². The Morgan fingerprint density at radius 1 is 1.00 bits per heavy atom. The highest BCUT2D eigenvalue weighted by Crippen LogP contribution is 2.16. The van der Waals surface area contributed by atoms with Gasteiger partial charge >= 0.3 is 0 Å². The van der Waals surface area contributed by atoms with Gasteiger partial charge in [-0.15, -0.1) is 0 Å². The quantitative estimate of drug-likeness (QED) is 0.793. The summed E-state index contributed by atoms with van der Waals surface area (Å²) in [6, 6.07) is 6.73. The van der Waals surface area contributed by atoms with Crippen LogP contribution >= 0.6 is 0 Å². The van der Waals surface area contributed by atoms with E-state index in [9.17, 15) is 0 Å². The summed E-state index contributed by atoms with van der Waals surface area (Å²) < 4.78 is 0. The number of rotatable bonds is 8. The van der Waals surface area contributed by atoms with Crippen molar-refractivity contribution in [2.24, 2.45) is 5.73 Å². The molecule has 3 heteroatoms. The Morgan fingerprint density at radius 2 is 1.60 bits per heavy atom. The van der Waals surface area contributed by atoms with Crippen LogP contribution in [0.3, 0.4) is 0 Å². The van der Waals surface area contributed by atoms with Gasteiger partial charge in [0.25, 0.3) is 0 Å². The summed E-state index contributed by atoms with van der Waals surface area (Å²) >= 11 is 0. The fourth-order valence-corrected chi connectivity index (χ4v) is 2.56. The van der Waals surface area contributed by atoms with Gasteiger partial charge in [0.1, 0.15) is 0 Å². The van der Waals surface area contributed by atoms with Gasteiger partial charge in [0.05, 0.1) is 0 Å². The Bertz CT molecular complexity index is 381. The lowest BCUT2D eigenvalue weighted by atomic mass is 10.0. The Labute approximate surface area is 124 Å². The van der Waals surface area contributed by atoms with Crippen LogP contribution in [0.15, 0.2) is 18.2 Å². The van der Waals surface area contributed by atoms with Crippen molar-refractivity contribution >= 4 is 0 Å². The first-order valence-electron chi connectivity index (χ1n) is 7.63. The highest BCUT2D eigenvalue weighted by molar-refractivity contribution is 5.30. The molecule has 0 aliphatic carbocycles. The van der Waals surface area contributed by atoms with Gasteiger partial charge in [0.15, 0.2) is 0 Å².